The highest BCUT2D eigenvalue weighted by Gasteiger charge is 2.25. The topological polar surface area (TPSA) is 99.4 Å². The number of hydrogen-bond acceptors (Lipinski definition) is 6. The summed E-state index contributed by atoms with van der Waals surface area (Å²) in [6.45, 7) is 4.75. The summed E-state index contributed by atoms with van der Waals surface area (Å²) >= 11 is 1.87. The molecule has 0 radical (unpaired) electrons. The van der Waals surface area contributed by atoms with E-state index in [1.54, 1.807) is 0 Å². The molecule has 0 saturated carbocycles. The normalized spacial score (nSPS) is 16.8. The highest BCUT2D eigenvalue weighted by atomic mass is 35.7. The van der Waals surface area contributed by atoms with Gasteiger partial charge in [0.15, 0.2) is 0 Å². The summed E-state index contributed by atoms with van der Waals surface area (Å²) in [6, 6.07) is 17.4. The smallest absolute Gasteiger partial charge is 0.262 e. The van der Waals surface area contributed by atoms with Crippen LogP contribution in [-0.4, -0.2) is 14.1 Å². The number of allylic oxidation sites excluding steroid dienone is 4. The second-order valence-corrected chi connectivity index (χ2v) is 11.4. The Balaban J connectivity index is 0.000000623. The zero-order valence-electron chi connectivity index (χ0n) is 20.7. The summed E-state index contributed by atoms with van der Waals surface area (Å²) in [6.07, 6.45) is 11.5. The standard InChI is InChI=1S/C27H31N2S.ClHO4/c1-27(2)18-21(11-10-20-12-14-23(15-13-20)28(3)4)16-22(19-27)17-26-29(5)24-8-6-7-9-25(24)30-26;2-1(3,4)5/h6-17H,18-19H2,1-5H3;(H,2,3,4,5)/q+1;/p-1. The molecule has 1 heterocycles. The van der Waals surface area contributed by atoms with Crippen LogP contribution in [0.5, 0.6) is 0 Å². The van der Waals surface area contributed by atoms with Gasteiger partial charge in [-0.1, -0.05) is 67.7 Å². The molecule has 1 aliphatic carbocycles. The van der Waals surface area contributed by atoms with Crippen molar-refractivity contribution in [2.45, 2.75) is 26.7 Å². The lowest BCUT2D eigenvalue weighted by Crippen LogP contribution is -2.68. The Labute approximate surface area is 213 Å². The van der Waals surface area contributed by atoms with Gasteiger partial charge in [0.1, 0.15) is 11.7 Å². The van der Waals surface area contributed by atoms with Gasteiger partial charge in [0.05, 0.1) is 0 Å². The van der Waals surface area contributed by atoms with Crippen LogP contribution in [0.1, 0.15) is 37.3 Å². The van der Waals surface area contributed by atoms with Gasteiger partial charge in [0, 0.05) is 31.9 Å². The van der Waals surface area contributed by atoms with Crippen LogP contribution in [-0.2, 0) is 7.05 Å². The maximum atomic E-state index is 8.49. The molecule has 35 heavy (non-hydrogen) atoms. The molecule has 6 nitrogen and oxygen atoms in total. The van der Waals surface area contributed by atoms with E-state index in [0.717, 1.165) is 12.8 Å². The molecule has 1 aliphatic rings. The van der Waals surface area contributed by atoms with Crippen molar-refractivity contribution < 1.29 is 33.4 Å². The van der Waals surface area contributed by atoms with Crippen molar-refractivity contribution in [1.82, 2.24) is 0 Å². The molecule has 0 fully saturated rings. The predicted molar refractivity (Wildman–Crippen MR) is 132 cm³/mol. The molecule has 0 N–H and O–H groups in total. The number of anilines is 1. The van der Waals surface area contributed by atoms with Gasteiger partial charge in [-0.25, -0.2) is 18.6 Å². The summed E-state index contributed by atoms with van der Waals surface area (Å²) < 4.78 is 37.6. The van der Waals surface area contributed by atoms with Crippen LogP contribution in [0.4, 0.5) is 5.69 Å². The van der Waals surface area contributed by atoms with Crippen molar-refractivity contribution in [3.8, 4) is 0 Å². The maximum Gasteiger partial charge on any atom is 0.262 e. The van der Waals surface area contributed by atoms with E-state index in [9.17, 15) is 0 Å². The van der Waals surface area contributed by atoms with Crippen LogP contribution >= 0.6 is 11.3 Å². The van der Waals surface area contributed by atoms with E-state index in [2.05, 4.69) is 117 Å². The predicted octanol–water partition coefficient (Wildman–Crippen LogP) is 1.88. The molecule has 0 atom stereocenters. The van der Waals surface area contributed by atoms with E-state index in [0.29, 0.717) is 0 Å². The minimum absolute atomic E-state index is 0.268. The Morgan fingerprint density at radius 2 is 1.57 bits per heavy atom. The molecule has 0 bridgehead atoms. The molecule has 2 aromatic carbocycles. The number of thiazole rings is 1. The Morgan fingerprint density at radius 3 is 2.17 bits per heavy atom. The number of aromatic nitrogens is 1. The van der Waals surface area contributed by atoms with E-state index in [1.807, 2.05) is 11.3 Å². The first-order chi connectivity index (χ1) is 16.3. The van der Waals surface area contributed by atoms with Crippen molar-refractivity contribution in [1.29, 1.82) is 0 Å². The van der Waals surface area contributed by atoms with Gasteiger partial charge < -0.3 is 4.90 Å². The fourth-order valence-electron chi connectivity index (χ4n) is 4.20. The minimum Gasteiger partial charge on any atom is -0.378 e. The molecule has 8 heteroatoms. The first-order valence-electron chi connectivity index (χ1n) is 11.2. The second kappa shape index (κ2) is 11.0. The number of fused-ring (bicyclic) bond motifs is 1. The quantitative estimate of drug-likeness (QED) is 0.495. The summed E-state index contributed by atoms with van der Waals surface area (Å²) in [5, 5.41) is 1.31. The second-order valence-electron chi connectivity index (χ2n) is 9.62. The van der Waals surface area contributed by atoms with E-state index in [1.165, 1.54) is 37.6 Å². The van der Waals surface area contributed by atoms with Gasteiger partial charge in [-0.15, -0.1) is 10.2 Å². The zero-order chi connectivity index (χ0) is 25.8. The molecule has 0 spiro atoms. The van der Waals surface area contributed by atoms with E-state index in [-0.39, 0.29) is 5.41 Å². The third kappa shape index (κ3) is 8.28. The van der Waals surface area contributed by atoms with Crippen molar-refractivity contribution in [2.24, 2.45) is 12.5 Å². The number of aryl methyl sites for hydroxylation is 1. The molecular formula is C27H31ClN2O4S. The molecule has 4 rings (SSSR count). The Bertz CT molecular complexity index is 1250. The summed E-state index contributed by atoms with van der Waals surface area (Å²) in [4.78, 5) is 2.13. The molecule has 0 saturated heterocycles. The van der Waals surface area contributed by atoms with E-state index >= 15 is 0 Å². The summed E-state index contributed by atoms with van der Waals surface area (Å²) in [5.41, 5.74) is 6.85. The Hall–Kier alpha value is -2.52. The first-order valence-corrected chi connectivity index (χ1v) is 13.2. The van der Waals surface area contributed by atoms with Gasteiger partial charge >= 0.3 is 0 Å². The fourth-order valence-corrected chi connectivity index (χ4v) is 5.33. The number of para-hydroxylation sites is 1. The molecular weight excluding hydrogens is 484 g/mol. The molecule has 0 unspecified atom stereocenters. The van der Waals surface area contributed by atoms with E-state index < -0.39 is 10.2 Å². The lowest BCUT2D eigenvalue weighted by atomic mass is 9.75. The van der Waals surface area contributed by atoms with Gasteiger partial charge in [0.2, 0.25) is 5.52 Å². The highest BCUT2D eigenvalue weighted by molar-refractivity contribution is 7.18. The SMILES string of the molecule is CN(C)c1ccc(C=CC2=C/C(=C\c3sc4ccccc4[n+]3C)CC(C)(C)C2)cc1.[O-][Cl+3]([O-])([O-])[O-]. The minimum atomic E-state index is -4.94. The van der Waals surface area contributed by atoms with Crippen LogP contribution in [0.25, 0.3) is 22.4 Å². The zero-order valence-corrected chi connectivity index (χ0v) is 22.2. The molecule has 3 aromatic rings. The Kier molecular flexibility index (Phi) is 8.54. The van der Waals surface area contributed by atoms with Crippen molar-refractivity contribution >= 4 is 39.4 Å². The number of rotatable bonds is 4. The molecule has 186 valence electrons. The number of nitrogens with zero attached hydrogens (tertiary/aromatic N) is 2. The number of hydrogen-bond donors (Lipinski definition) is 0. The van der Waals surface area contributed by atoms with Crippen molar-refractivity contribution in [3.05, 3.63) is 82.4 Å². The first kappa shape index (κ1) is 27.1. The molecule has 1 aromatic heterocycles. The fraction of sp³-hybridized carbons (Fsp3) is 0.296. The number of benzene rings is 2. The van der Waals surface area contributed by atoms with Crippen LogP contribution in [0.2, 0.25) is 0 Å². The monoisotopic (exact) mass is 514 g/mol. The van der Waals surface area contributed by atoms with Crippen LogP contribution in [0.15, 0.2) is 71.8 Å². The van der Waals surface area contributed by atoms with Crippen LogP contribution in [0.3, 0.4) is 0 Å². The van der Waals surface area contributed by atoms with Crippen LogP contribution < -0.4 is 28.1 Å². The molecule has 0 amide bonds. The van der Waals surface area contributed by atoms with Gasteiger partial charge in [-0.2, -0.15) is 4.57 Å². The summed E-state index contributed by atoms with van der Waals surface area (Å²) in [7, 11) is 1.37. The third-order valence-electron chi connectivity index (χ3n) is 5.72. The van der Waals surface area contributed by atoms with Gasteiger partial charge in [-0.3, -0.25) is 0 Å². The average molecular weight is 515 g/mol. The van der Waals surface area contributed by atoms with Crippen molar-refractivity contribution in [3.63, 3.8) is 0 Å². The third-order valence-corrected chi connectivity index (χ3v) is 6.88. The largest absolute Gasteiger partial charge is 0.378 e. The van der Waals surface area contributed by atoms with Gasteiger partial charge in [0.25, 0.3) is 5.01 Å². The van der Waals surface area contributed by atoms with Crippen LogP contribution in [0, 0.1) is 15.7 Å². The average Bonchev–Trinajstić information content (AvgIpc) is 3.06. The van der Waals surface area contributed by atoms with Gasteiger partial charge in [-0.05, 0) is 53.2 Å². The lowest BCUT2D eigenvalue weighted by molar-refractivity contribution is -2.00. The lowest BCUT2D eigenvalue weighted by Gasteiger charge is -2.30. The number of halogens is 1. The maximum absolute atomic E-state index is 8.49. The highest BCUT2D eigenvalue weighted by Crippen LogP contribution is 2.39. The van der Waals surface area contributed by atoms with E-state index in [4.69, 9.17) is 18.6 Å². The summed E-state index contributed by atoms with van der Waals surface area (Å²) in [5.74, 6) is 0. The molecule has 0 aliphatic heterocycles. The Morgan fingerprint density at radius 1 is 0.943 bits per heavy atom. The van der Waals surface area contributed by atoms with Crippen molar-refractivity contribution in [2.75, 3.05) is 19.0 Å².